The van der Waals surface area contributed by atoms with Gasteiger partial charge in [-0.05, 0) is 95.1 Å². The molecule has 0 unspecified atom stereocenters. The maximum atomic E-state index is 12.8. The molecule has 0 spiro atoms. The van der Waals surface area contributed by atoms with Crippen LogP contribution in [0, 0.1) is 11.8 Å². The SMILES string of the molecule is CCN(Cc1ccncc1)C(=O)CCC[C@@H]1[C@H]2CCCN3CCC[C@@H](CN1C)[C@@H]23. The standard InChI is InChI=1S/C24H38N4O/c1-3-27(17-19-11-13-25-14-12-19)23(29)10-4-9-22-21-8-6-16-28-15-5-7-20(24(21)28)18-26(22)2/h11-14,20-22,24H,3-10,15-18H2,1-2H3/t20-,21+,22+,24-/m0/s1. The first kappa shape index (κ1) is 20.8. The molecule has 5 heteroatoms. The Balaban J connectivity index is 1.31. The van der Waals surface area contributed by atoms with Gasteiger partial charge in [0.15, 0.2) is 0 Å². The number of rotatable bonds is 7. The Kier molecular flexibility index (Phi) is 6.86. The molecular formula is C24H38N4O. The molecule has 1 amide bonds. The van der Waals surface area contributed by atoms with Crippen LogP contribution < -0.4 is 0 Å². The summed E-state index contributed by atoms with van der Waals surface area (Å²) in [7, 11) is 2.33. The van der Waals surface area contributed by atoms with Gasteiger partial charge in [-0.1, -0.05) is 0 Å². The van der Waals surface area contributed by atoms with Crippen molar-refractivity contribution in [3.05, 3.63) is 30.1 Å². The molecule has 160 valence electrons. The summed E-state index contributed by atoms with van der Waals surface area (Å²) in [6, 6.07) is 5.47. The van der Waals surface area contributed by atoms with Gasteiger partial charge in [0.2, 0.25) is 5.91 Å². The third kappa shape index (κ3) is 4.66. The summed E-state index contributed by atoms with van der Waals surface area (Å²) < 4.78 is 0. The monoisotopic (exact) mass is 398 g/mol. The summed E-state index contributed by atoms with van der Waals surface area (Å²) >= 11 is 0. The Morgan fingerprint density at radius 1 is 1.21 bits per heavy atom. The quantitative estimate of drug-likeness (QED) is 0.706. The summed E-state index contributed by atoms with van der Waals surface area (Å²) in [5, 5.41) is 0. The lowest BCUT2D eigenvalue weighted by molar-refractivity contribution is -0.132. The fraction of sp³-hybridized carbons (Fsp3) is 0.750. The summed E-state index contributed by atoms with van der Waals surface area (Å²) in [4.78, 5) is 24.3. The van der Waals surface area contributed by atoms with Crippen molar-refractivity contribution in [1.29, 1.82) is 0 Å². The Hall–Kier alpha value is -1.46. The van der Waals surface area contributed by atoms with E-state index in [1.165, 1.54) is 45.3 Å². The van der Waals surface area contributed by atoms with Gasteiger partial charge < -0.3 is 9.80 Å². The largest absolute Gasteiger partial charge is 0.339 e. The summed E-state index contributed by atoms with van der Waals surface area (Å²) in [6.07, 6.45) is 12.0. The molecule has 3 aliphatic heterocycles. The van der Waals surface area contributed by atoms with Crippen molar-refractivity contribution in [2.24, 2.45) is 11.8 Å². The molecule has 0 aromatic carbocycles. The molecule has 0 aliphatic carbocycles. The molecule has 0 radical (unpaired) electrons. The number of hydrogen-bond acceptors (Lipinski definition) is 4. The first-order chi connectivity index (χ1) is 14.2. The van der Waals surface area contributed by atoms with Crippen LogP contribution in [0.15, 0.2) is 24.5 Å². The second-order valence-electron chi connectivity index (χ2n) is 9.40. The van der Waals surface area contributed by atoms with Crippen LogP contribution in [-0.4, -0.2) is 70.9 Å². The average Bonchev–Trinajstić information content (AvgIpc) is 2.75. The molecular weight excluding hydrogens is 360 g/mol. The molecule has 3 saturated heterocycles. The van der Waals surface area contributed by atoms with Crippen molar-refractivity contribution < 1.29 is 4.79 Å². The van der Waals surface area contributed by atoms with Crippen molar-refractivity contribution in [2.75, 3.05) is 33.2 Å². The van der Waals surface area contributed by atoms with Gasteiger partial charge in [0.05, 0.1) is 0 Å². The second-order valence-corrected chi connectivity index (χ2v) is 9.40. The number of likely N-dealkylation sites (tertiary alicyclic amines) is 1. The number of hydrogen-bond donors (Lipinski definition) is 0. The number of nitrogens with zero attached hydrogens (tertiary/aromatic N) is 4. The highest BCUT2D eigenvalue weighted by Crippen LogP contribution is 2.42. The van der Waals surface area contributed by atoms with Crippen LogP contribution in [0.5, 0.6) is 0 Å². The van der Waals surface area contributed by atoms with Gasteiger partial charge in [-0.2, -0.15) is 0 Å². The van der Waals surface area contributed by atoms with Crippen molar-refractivity contribution in [2.45, 2.75) is 70.5 Å². The highest BCUT2D eigenvalue weighted by molar-refractivity contribution is 5.76. The van der Waals surface area contributed by atoms with Gasteiger partial charge in [-0.3, -0.25) is 14.7 Å². The topological polar surface area (TPSA) is 39.7 Å². The van der Waals surface area contributed by atoms with Crippen LogP contribution in [0.2, 0.25) is 0 Å². The van der Waals surface area contributed by atoms with Gasteiger partial charge >= 0.3 is 0 Å². The minimum atomic E-state index is 0.295. The Morgan fingerprint density at radius 2 is 1.97 bits per heavy atom. The highest BCUT2D eigenvalue weighted by atomic mass is 16.2. The Morgan fingerprint density at radius 3 is 2.72 bits per heavy atom. The number of amides is 1. The molecule has 29 heavy (non-hydrogen) atoms. The van der Waals surface area contributed by atoms with Crippen LogP contribution in [0.3, 0.4) is 0 Å². The highest BCUT2D eigenvalue weighted by Gasteiger charge is 2.47. The summed E-state index contributed by atoms with van der Waals surface area (Å²) in [6.45, 7) is 7.42. The normalized spacial score (nSPS) is 30.0. The summed E-state index contributed by atoms with van der Waals surface area (Å²) in [5.74, 6) is 1.97. The number of aromatic nitrogens is 1. The molecule has 4 rings (SSSR count). The first-order valence-corrected chi connectivity index (χ1v) is 11.8. The number of piperidine rings is 3. The van der Waals surface area contributed by atoms with Crippen molar-refractivity contribution in [3.63, 3.8) is 0 Å². The third-order valence-electron chi connectivity index (χ3n) is 7.68. The lowest BCUT2D eigenvalue weighted by Crippen LogP contribution is -2.63. The zero-order chi connectivity index (χ0) is 20.2. The number of pyridine rings is 1. The first-order valence-electron chi connectivity index (χ1n) is 11.8. The average molecular weight is 399 g/mol. The molecule has 4 atom stereocenters. The molecule has 3 aliphatic rings. The maximum Gasteiger partial charge on any atom is 0.222 e. The minimum Gasteiger partial charge on any atom is -0.339 e. The van der Waals surface area contributed by atoms with Gasteiger partial charge in [0, 0.05) is 50.5 Å². The fourth-order valence-electron chi connectivity index (χ4n) is 6.35. The lowest BCUT2D eigenvalue weighted by Gasteiger charge is -2.57. The van der Waals surface area contributed by atoms with E-state index in [-0.39, 0.29) is 0 Å². The van der Waals surface area contributed by atoms with Crippen LogP contribution in [0.25, 0.3) is 0 Å². The number of carbonyl (C=O) groups excluding carboxylic acids is 1. The van der Waals surface area contributed by atoms with Crippen LogP contribution >= 0.6 is 0 Å². The smallest absolute Gasteiger partial charge is 0.222 e. The zero-order valence-electron chi connectivity index (χ0n) is 18.3. The van der Waals surface area contributed by atoms with Gasteiger partial charge in [-0.25, -0.2) is 0 Å². The van der Waals surface area contributed by atoms with E-state index >= 15 is 0 Å². The lowest BCUT2D eigenvalue weighted by atomic mass is 9.69. The summed E-state index contributed by atoms with van der Waals surface area (Å²) in [5.41, 5.74) is 1.16. The molecule has 1 aromatic rings. The second kappa shape index (κ2) is 9.57. The van der Waals surface area contributed by atoms with Gasteiger partial charge in [0.25, 0.3) is 0 Å². The molecule has 5 nitrogen and oxygen atoms in total. The Labute approximate surface area is 176 Å². The Bertz CT molecular complexity index is 664. The molecule has 4 heterocycles. The van der Waals surface area contributed by atoms with E-state index in [0.29, 0.717) is 24.9 Å². The van der Waals surface area contributed by atoms with Crippen LogP contribution in [0.4, 0.5) is 0 Å². The van der Waals surface area contributed by atoms with E-state index in [2.05, 4.69) is 28.8 Å². The minimum absolute atomic E-state index is 0.295. The van der Waals surface area contributed by atoms with Crippen LogP contribution in [-0.2, 0) is 11.3 Å². The van der Waals surface area contributed by atoms with Crippen LogP contribution in [0.1, 0.15) is 57.4 Å². The van der Waals surface area contributed by atoms with E-state index in [0.717, 1.165) is 42.8 Å². The van der Waals surface area contributed by atoms with E-state index in [4.69, 9.17) is 0 Å². The molecule has 0 N–H and O–H groups in total. The van der Waals surface area contributed by atoms with E-state index in [9.17, 15) is 4.79 Å². The fourth-order valence-corrected chi connectivity index (χ4v) is 6.35. The van der Waals surface area contributed by atoms with Crippen molar-refractivity contribution in [1.82, 2.24) is 19.7 Å². The van der Waals surface area contributed by atoms with E-state index in [1.807, 2.05) is 17.0 Å². The van der Waals surface area contributed by atoms with Crippen molar-refractivity contribution >= 4 is 5.91 Å². The van der Waals surface area contributed by atoms with Gasteiger partial charge in [0.1, 0.15) is 0 Å². The number of carbonyl (C=O) groups is 1. The predicted octanol–water partition coefficient (Wildman–Crippen LogP) is 3.41. The predicted molar refractivity (Wildman–Crippen MR) is 116 cm³/mol. The zero-order valence-corrected chi connectivity index (χ0v) is 18.3. The van der Waals surface area contributed by atoms with E-state index < -0.39 is 0 Å². The molecule has 1 aromatic heterocycles. The molecule has 0 bridgehead atoms. The molecule has 3 fully saturated rings. The van der Waals surface area contributed by atoms with Crippen molar-refractivity contribution in [3.8, 4) is 0 Å². The molecule has 0 saturated carbocycles. The van der Waals surface area contributed by atoms with Gasteiger partial charge in [-0.15, -0.1) is 0 Å². The third-order valence-corrected chi connectivity index (χ3v) is 7.68. The van der Waals surface area contributed by atoms with E-state index in [1.54, 1.807) is 12.4 Å². The maximum absolute atomic E-state index is 12.8.